The molecule has 2 unspecified atom stereocenters. The van der Waals surface area contributed by atoms with Crippen molar-refractivity contribution in [2.24, 2.45) is 5.92 Å². The Kier molecular flexibility index (Phi) is 7.29. The molecule has 5 nitrogen and oxygen atoms in total. The number of aryl methyl sites for hydroxylation is 1. The van der Waals surface area contributed by atoms with E-state index in [1.54, 1.807) is 0 Å². The largest absolute Gasteiger partial charge is 0.342 e. The lowest BCUT2D eigenvalue weighted by Gasteiger charge is -2.42. The molecule has 1 aromatic carbocycles. The van der Waals surface area contributed by atoms with Crippen LogP contribution in [0.25, 0.3) is 0 Å². The van der Waals surface area contributed by atoms with Crippen LogP contribution in [0.1, 0.15) is 50.5 Å². The van der Waals surface area contributed by atoms with Crippen molar-refractivity contribution in [3.63, 3.8) is 0 Å². The van der Waals surface area contributed by atoms with Crippen molar-refractivity contribution in [3.05, 3.63) is 66.5 Å². The molecule has 1 aliphatic heterocycles. The van der Waals surface area contributed by atoms with E-state index < -0.39 is 14.6 Å². The van der Waals surface area contributed by atoms with Crippen molar-refractivity contribution < 1.29 is 17.8 Å². The second-order valence-electron chi connectivity index (χ2n) is 9.39. The van der Waals surface area contributed by atoms with Gasteiger partial charge in [-0.3, -0.25) is 4.79 Å². The van der Waals surface area contributed by atoms with Gasteiger partial charge in [0, 0.05) is 38.1 Å². The number of sulfone groups is 1. The Morgan fingerprint density at radius 3 is 2.53 bits per heavy atom. The summed E-state index contributed by atoms with van der Waals surface area (Å²) in [7, 11) is -3.36. The third-order valence-corrected chi connectivity index (χ3v) is 10.0. The zero-order valence-corrected chi connectivity index (χ0v) is 19.7. The maximum absolute atomic E-state index is 13.6. The summed E-state index contributed by atoms with van der Waals surface area (Å²) in [6.45, 7) is 1.88. The number of carbonyl (C=O) groups is 1. The van der Waals surface area contributed by atoms with Crippen molar-refractivity contribution in [3.8, 4) is 0 Å². The Bertz CT molecular complexity index is 994. The van der Waals surface area contributed by atoms with E-state index in [9.17, 15) is 13.2 Å². The van der Waals surface area contributed by atoms with Gasteiger partial charge in [0.05, 0.1) is 10.5 Å². The van der Waals surface area contributed by atoms with Gasteiger partial charge >= 0.3 is 0 Å². The molecule has 1 aromatic heterocycles. The van der Waals surface area contributed by atoms with Gasteiger partial charge in [-0.15, -0.1) is 0 Å². The second kappa shape index (κ2) is 10.2. The number of aromatic nitrogens is 1. The van der Waals surface area contributed by atoms with E-state index in [-0.39, 0.29) is 24.0 Å². The summed E-state index contributed by atoms with van der Waals surface area (Å²) >= 11 is 0. The molecule has 0 N–H and O–H groups in total. The molecule has 2 aromatic rings. The van der Waals surface area contributed by atoms with Gasteiger partial charge in [0.2, 0.25) is 5.91 Å². The average molecular weight is 456 g/mol. The molecule has 172 valence electrons. The van der Waals surface area contributed by atoms with Gasteiger partial charge in [-0.1, -0.05) is 49.2 Å². The van der Waals surface area contributed by atoms with Crippen LogP contribution in [-0.4, -0.2) is 42.8 Å². The summed E-state index contributed by atoms with van der Waals surface area (Å²) in [6, 6.07) is 16.2. The quantitative estimate of drug-likeness (QED) is 0.474. The van der Waals surface area contributed by atoms with Crippen molar-refractivity contribution in [2.75, 3.05) is 18.8 Å². The van der Waals surface area contributed by atoms with Crippen LogP contribution in [0.2, 0.25) is 0 Å². The normalized spacial score (nSPS) is 25.6. The summed E-state index contributed by atoms with van der Waals surface area (Å²) in [5, 5.41) is 0. The van der Waals surface area contributed by atoms with E-state index in [0.717, 1.165) is 45.1 Å². The lowest BCUT2D eigenvalue weighted by Crippen LogP contribution is -2.50. The number of carbonyl (C=O) groups excluding carboxylic acids is 1. The van der Waals surface area contributed by atoms with Crippen molar-refractivity contribution in [2.45, 2.75) is 62.7 Å². The van der Waals surface area contributed by atoms with Crippen LogP contribution >= 0.6 is 0 Å². The average Bonchev–Trinajstić information content (AvgIpc) is 2.89. The number of benzene rings is 1. The molecule has 32 heavy (non-hydrogen) atoms. The third-order valence-electron chi connectivity index (χ3n) is 7.40. The fourth-order valence-electron chi connectivity index (χ4n) is 5.56. The first-order valence-corrected chi connectivity index (χ1v) is 13.6. The lowest BCUT2D eigenvalue weighted by molar-refractivity contribution is -0.697. The molecule has 1 aliphatic carbocycles. The minimum atomic E-state index is -3.36. The highest BCUT2D eigenvalue weighted by Gasteiger charge is 2.53. The molecule has 2 aliphatic rings. The molecule has 1 amide bonds. The highest BCUT2D eigenvalue weighted by atomic mass is 32.2. The first-order chi connectivity index (χ1) is 15.5. The van der Waals surface area contributed by atoms with Gasteiger partial charge in [-0.25, -0.2) is 13.0 Å². The predicted octanol–water partition coefficient (Wildman–Crippen LogP) is 3.57. The van der Waals surface area contributed by atoms with Crippen molar-refractivity contribution >= 4 is 15.7 Å². The Labute approximate surface area is 192 Å². The Morgan fingerprint density at radius 2 is 1.75 bits per heavy atom. The fraction of sp³-hybridized carbons (Fsp3) is 0.538. The van der Waals surface area contributed by atoms with Gasteiger partial charge < -0.3 is 4.90 Å². The molecule has 0 bridgehead atoms. The summed E-state index contributed by atoms with van der Waals surface area (Å²) < 4.78 is 28.4. The topological polar surface area (TPSA) is 58.3 Å². The standard InChI is InChI=1S/C26H35N2O3S/c29-25-22-26(14-6-5-13-24(26)21-23-11-3-1-4-12-23)32(30,31)20-19-28(25)18-10-9-17-27-15-7-2-8-16-27/h1-4,7-8,11-12,15-16,24H,5-6,9-10,13-14,17-22H2/q+1. The zero-order chi connectivity index (χ0) is 22.4. The summed E-state index contributed by atoms with van der Waals surface area (Å²) in [5.74, 6) is 0.137. The molecule has 6 heteroatoms. The minimum Gasteiger partial charge on any atom is -0.342 e. The van der Waals surface area contributed by atoms with Gasteiger partial charge in [-0.05, 0) is 37.2 Å². The number of rotatable bonds is 7. The summed E-state index contributed by atoms with van der Waals surface area (Å²) in [6.07, 6.45) is 10.3. The third kappa shape index (κ3) is 5.06. The van der Waals surface area contributed by atoms with E-state index in [0.29, 0.717) is 19.5 Å². The highest BCUT2D eigenvalue weighted by Crippen LogP contribution is 2.46. The smallest absolute Gasteiger partial charge is 0.224 e. The van der Waals surface area contributed by atoms with Crippen LogP contribution in [0.15, 0.2) is 60.9 Å². The monoisotopic (exact) mass is 455 g/mol. The van der Waals surface area contributed by atoms with Crippen LogP contribution in [-0.2, 0) is 27.6 Å². The van der Waals surface area contributed by atoms with Crippen LogP contribution in [0.5, 0.6) is 0 Å². The fourth-order valence-corrected chi connectivity index (χ4v) is 7.94. The lowest BCUT2D eigenvalue weighted by atomic mass is 9.73. The Hall–Kier alpha value is -2.21. The molecule has 1 spiro atoms. The minimum absolute atomic E-state index is 0.0158. The molecule has 4 rings (SSSR count). The SMILES string of the molecule is O=C1CC2(CCCCC2Cc2ccccc2)S(=O)(=O)CCN1CCCC[n+]1ccccc1. The molecular formula is C26H35N2O3S+. The Balaban J connectivity index is 1.44. The number of nitrogens with zero attached hydrogens (tertiary/aromatic N) is 2. The van der Waals surface area contributed by atoms with Crippen LogP contribution in [0.4, 0.5) is 0 Å². The second-order valence-corrected chi connectivity index (χ2v) is 11.8. The van der Waals surface area contributed by atoms with Crippen LogP contribution in [0, 0.1) is 5.92 Å². The van der Waals surface area contributed by atoms with E-state index in [2.05, 4.69) is 16.7 Å². The molecular weight excluding hydrogens is 420 g/mol. The van der Waals surface area contributed by atoms with Crippen molar-refractivity contribution in [1.29, 1.82) is 0 Å². The van der Waals surface area contributed by atoms with E-state index in [1.165, 1.54) is 5.56 Å². The highest BCUT2D eigenvalue weighted by molar-refractivity contribution is 7.92. The number of amides is 1. The van der Waals surface area contributed by atoms with Gasteiger partial charge in [0.1, 0.15) is 6.54 Å². The van der Waals surface area contributed by atoms with E-state index in [1.807, 2.05) is 53.7 Å². The first kappa shape index (κ1) is 23.0. The van der Waals surface area contributed by atoms with Gasteiger partial charge in [0.25, 0.3) is 0 Å². The molecule has 2 atom stereocenters. The molecule has 2 fully saturated rings. The number of hydrogen-bond acceptors (Lipinski definition) is 3. The Morgan fingerprint density at radius 1 is 1.00 bits per heavy atom. The van der Waals surface area contributed by atoms with Crippen LogP contribution < -0.4 is 4.57 Å². The maximum Gasteiger partial charge on any atom is 0.224 e. The van der Waals surface area contributed by atoms with Crippen LogP contribution in [0.3, 0.4) is 0 Å². The van der Waals surface area contributed by atoms with Gasteiger partial charge in [0.15, 0.2) is 22.2 Å². The number of pyridine rings is 1. The predicted molar refractivity (Wildman–Crippen MR) is 126 cm³/mol. The zero-order valence-electron chi connectivity index (χ0n) is 18.9. The molecule has 1 saturated heterocycles. The number of unbranched alkanes of at least 4 members (excludes halogenated alkanes) is 1. The first-order valence-electron chi connectivity index (χ1n) is 12.0. The molecule has 1 saturated carbocycles. The summed E-state index contributed by atoms with van der Waals surface area (Å²) in [5.41, 5.74) is 1.17. The van der Waals surface area contributed by atoms with E-state index in [4.69, 9.17) is 0 Å². The van der Waals surface area contributed by atoms with Crippen molar-refractivity contribution in [1.82, 2.24) is 4.90 Å². The summed E-state index contributed by atoms with van der Waals surface area (Å²) in [4.78, 5) is 15.1. The maximum atomic E-state index is 13.6. The number of hydrogen-bond donors (Lipinski definition) is 0. The molecule has 0 radical (unpaired) electrons. The van der Waals surface area contributed by atoms with Gasteiger partial charge in [-0.2, -0.15) is 0 Å². The van der Waals surface area contributed by atoms with E-state index >= 15 is 0 Å². The molecule has 2 heterocycles.